The molecule has 0 aliphatic heterocycles. The van der Waals surface area contributed by atoms with E-state index in [2.05, 4.69) is 16.0 Å². The summed E-state index contributed by atoms with van der Waals surface area (Å²) in [7, 11) is 0. The lowest BCUT2D eigenvalue weighted by molar-refractivity contribution is -0.114. The topological polar surface area (TPSA) is 53.2 Å². The SMILES string of the molecule is CC(=O)Nc1ccc(NC(=S)Nc2cccc(F)c2)cc1. The summed E-state index contributed by atoms with van der Waals surface area (Å²) in [6.45, 7) is 1.45. The Labute approximate surface area is 127 Å². The molecule has 0 atom stereocenters. The number of carbonyl (C=O) groups is 1. The van der Waals surface area contributed by atoms with E-state index in [1.807, 2.05) is 0 Å². The fourth-order valence-electron chi connectivity index (χ4n) is 1.70. The number of anilines is 3. The van der Waals surface area contributed by atoms with Gasteiger partial charge in [0, 0.05) is 24.0 Å². The second-order valence-electron chi connectivity index (χ2n) is 4.35. The molecule has 0 saturated carbocycles. The van der Waals surface area contributed by atoms with Gasteiger partial charge in [0.05, 0.1) is 0 Å². The van der Waals surface area contributed by atoms with E-state index in [1.54, 1.807) is 36.4 Å². The zero-order chi connectivity index (χ0) is 15.2. The summed E-state index contributed by atoms with van der Waals surface area (Å²) in [5.74, 6) is -0.457. The zero-order valence-electron chi connectivity index (χ0n) is 11.3. The fraction of sp³-hybridized carbons (Fsp3) is 0.0667. The average molecular weight is 303 g/mol. The second kappa shape index (κ2) is 6.81. The predicted molar refractivity (Wildman–Crippen MR) is 87.0 cm³/mol. The highest BCUT2D eigenvalue weighted by molar-refractivity contribution is 7.80. The molecule has 2 aromatic rings. The number of hydrogen-bond donors (Lipinski definition) is 3. The third kappa shape index (κ3) is 4.85. The smallest absolute Gasteiger partial charge is 0.221 e. The Kier molecular flexibility index (Phi) is 4.84. The van der Waals surface area contributed by atoms with Crippen LogP contribution in [0.25, 0.3) is 0 Å². The van der Waals surface area contributed by atoms with Crippen molar-refractivity contribution in [1.82, 2.24) is 0 Å². The average Bonchev–Trinajstić information content (AvgIpc) is 2.40. The van der Waals surface area contributed by atoms with Crippen molar-refractivity contribution in [3.63, 3.8) is 0 Å². The fourth-order valence-corrected chi connectivity index (χ4v) is 1.94. The molecule has 4 nitrogen and oxygen atoms in total. The van der Waals surface area contributed by atoms with Gasteiger partial charge in [0.1, 0.15) is 5.82 Å². The van der Waals surface area contributed by atoms with Gasteiger partial charge in [0.2, 0.25) is 5.91 Å². The molecule has 0 spiro atoms. The summed E-state index contributed by atoms with van der Waals surface area (Å²) in [4.78, 5) is 10.9. The van der Waals surface area contributed by atoms with Crippen molar-refractivity contribution in [3.8, 4) is 0 Å². The van der Waals surface area contributed by atoms with Crippen LogP contribution in [-0.2, 0) is 4.79 Å². The van der Waals surface area contributed by atoms with Crippen molar-refractivity contribution < 1.29 is 9.18 Å². The van der Waals surface area contributed by atoms with Gasteiger partial charge in [0.25, 0.3) is 0 Å². The van der Waals surface area contributed by atoms with Crippen LogP contribution in [0.3, 0.4) is 0 Å². The summed E-state index contributed by atoms with van der Waals surface area (Å²) >= 11 is 5.15. The van der Waals surface area contributed by atoms with E-state index >= 15 is 0 Å². The third-order valence-electron chi connectivity index (χ3n) is 2.55. The molecule has 0 aliphatic rings. The first-order chi connectivity index (χ1) is 10.0. The number of carbonyl (C=O) groups excluding carboxylic acids is 1. The Bertz CT molecular complexity index is 658. The van der Waals surface area contributed by atoms with E-state index in [0.717, 1.165) is 5.69 Å². The van der Waals surface area contributed by atoms with E-state index in [-0.39, 0.29) is 11.7 Å². The summed E-state index contributed by atoms with van der Waals surface area (Å²) in [5, 5.41) is 8.89. The van der Waals surface area contributed by atoms with E-state index in [9.17, 15) is 9.18 Å². The van der Waals surface area contributed by atoms with Gasteiger partial charge in [-0.05, 0) is 54.7 Å². The van der Waals surface area contributed by atoms with Gasteiger partial charge in [-0.2, -0.15) is 0 Å². The van der Waals surface area contributed by atoms with E-state index in [0.29, 0.717) is 16.5 Å². The predicted octanol–water partition coefficient (Wildman–Crippen LogP) is 3.59. The number of thiocarbonyl (C=S) groups is 1. The summed E-state index contributed by atoms with van der Waals surface area (Å²) in [6.07, 6.45) is 0. The monoisotopic (exact) mass is 303 g/mol. The third-order valence-corrected chi connectivity index (χ3v) is 2.75. The number of rotatable bonds is 3. The lowest BCUT2D eigenvalue weighted by Crippen LogP contribution is -2.19. The molecule has 0 saturated heterocycles. The molecule has 1 amide bonds. The minimum absolute atomic E-state index is 0.126. The number of nitrogens with one attached hydrogen (secondary N) is 3. The van der Waals surface area contributed by atoms with Crippen LogP contribution in [0.4, 0.5) is 21.5 Å². The summed E-state index contributed by atoms with van der Waals surface area (Å²) < 4.78 is 13.1. The minimum atomic E-state index is -0.331. The largest absolute Gasteiger partial charge is 0.332 e. The molecule has 0 radical (unpaired) electrons. The highest BCUT2D eigenvalue weighted by atomic mass is 32.1. The standard InChI is InChI=1S/C15H14FN3OS/c1-10(20)17-12-5-7-13(8-6-12)18-15(21)19-14-4-2-3-11(16)9-14/h2-9H,1H3,(H,17,20)(H2,18,19,21). The van der Waals surface area contributed by atoms with E-state index in [4.69, 9.17) is 12.2 Å². The molecular weight excluding hydrogens is 289 g/mol. The number of benzene rings is 2. The number of hydrogen-bond acceptors (Lipinski definition) is 2. The van der Waals surface area contributed by atoms with Crippen LogP contribution >= 0.6 is 12.2 Å². The van der Waals surface area contributed by atoms with Gasteiger partial charge in [0.15, 0.2) is 5.11 Å². The quantitative estimate of drug-likeness (QED) is 0.759. The number of amides is 1. The van der Waals surface area contributed by atoms with Crippen molar-refractivity contribution in [2.24, 2.45) is 0 Å². The molecular formula is C15H14FN3OS. The molecule has 0 aliphatic carbocycles. The Balaban J connectivity index is 1.95. The summed E-state index contributed by atoms with van der Waals surface area (Å²) in [6, 6.07) is 13.1. The van der Waals surface area contributed by atoms with Crippen LogP contribution in [0, 0.1) is 5.82 Å². The first-order valence-corrected chi connectivity index (χ1v) is 6.65. The van der Waals surface area contributed by atoms with Crippen molar-refractivity contribution in [2.45, 2.75) is 6.92 Å². The van der Waals surface area contributed by atoms with Crippen LogP contribution in [0.1, 0.15) is 6.92 Å². The first kappa shape index (κ1) is 14.9. The minimum Gasteiger partial charge on any atom is -0.332 e. The molecule has 6 heteroatoms. The van der Waals surface area contributed by atoms with Crippen molar-refractivity contribution >= 4 is 40.3 Å². The Hall–Kier alpha value is -2.47. The van der Waals surface area contributed by atoms with Crippen LogP contribution in [-0.4, -0.2) is 11.0 Å². The van der Waals surface area contributed by atoms with Gasteiger partial charge in [-0.3, -0.25) is 4.79 Å². The van der Waals surface area contributed by atoms with Gasteiger partial charge in [-0.15, -0.1) is 0 Å². The first-order valence-electron chi connectivity index (χ1n) is 6.24. The molecule has 108 valence electrons. The maximum atomic E-state index is 13.1. The Morgan fingerprint density at radius 1 is 0.952 bits per heavy atom. The molecule has 0 heterocycles. The molecule has 0 fully saturated rings. The molecule has 0 unspecified atom stereocenters. The highest BCUT2D eigenvalue weighted by Gasteiger charge is 2.01. The zero-order valence-corrected chi connectivity index (χ0v) is 12.1. The van der Waals surface area contributed by atoms with Crippen LogP contribution in [0.15, 0.2) is 48.5 Å². The van der Waals surface area contributed by atoms with Crippen LogP contribution in [0.2, 0.25) is 0 Å². The lowest BCUT2D eigenvalue weighted by Gasteiger charge is -2.11. The maximum Gasteiger partial charge on any atom is 0.221 e. The molecule has 3 N–H and O–H groups in total. The molecule has 2 rings (SSSR count). The van der Waals surface area contributed by atoms with Crippen LogP contribution in [0.5, 0.6) is 0 Å². The van der Waals surface area contributed by atoms with E-state index < -0.39 is 0 Å². The Morgan fingerprint density at radius 3 is 2.10 bits per heavy atom. The summed E-state index contributed by atoms with van der Waals surface area (Å²) in [5.41, 5.74) is 2.04. The van der Waals surface area contributed by atoms with Gasteiger partial charge < -0.3 is 16.0 Å². The van der Waals surface area contributed by atoms with Crippen molar-refractivity contribution in [3.05, 3.63) is 54.3 Å². The molecule has 0 bridgehead atoms. The molecule has 0 aromatic heterocycles. The Morgan fingerprint density at radius 2 is 1.52 bits per heavy atom. The van der Waals surface area contributed by atoms with Gasteiger partial charge >= 0.3 is 0 Å². The number of halogens is 1. The maximum absolute atomic E-state index is 13.1. The van der Waals surface area contributed by atoms with Crippen molar-refractivity contribution in [1.29, 1.82) is 0 Å². The van der Waals surface area contributed by atoms with Gasteiger partial charge in [-0.1, -0.05) is 6.07 Å². The molecule has 21 heavy (non-hydrogen) atoms. The van der Waals surface area contributed by atoms with Crippen LogP contribution < -0.4 is 16.0 Å². The molecule has 2 aromatic carbocycles. The van der Waals surface area contributed by atoms with E-state index in [1.165, 1.54) is 19.1 Å². The highest BCUT2D eigenvalue weighted by Crippen LogP contribution is 2.14. The van der Waals surface area contributed by atoms with Crippen molar-refractivity contribution in [2.75, 3.05) is 16.0 Å². The lowest BCUT2D eigenvalue weighted by atomic mass is 10.3. The van der Waals surface area contributed by atoms with Gasteiger partial charge in [-0.25, -0.2) is 4.39 Å². The second-order valence-corrected chi connectivity index (χ2v) is 4.76. The normalized spacial score (nSPS) is 9.81.